The van der Waals surface area contributed by atoms with Crippen LogP contribution < -0.4 is 10.6 Å². The summed E-state index contributed by atoms with van der Waals surface area (Å²) in [6, 6.07) is 2.15. The summed E-state index contributed by atoms with van der Waals surface area (Å²) in [7, 11) is 0. The Kier molecular flexibility index (Phi) is 6.09. The predicted octanol–water partition coefficient (Wildman–Crippen LogP) is 3.29. The molecule has 2 N–H and O–H groups in total. The van der Waals surface area contributed by atoms with E-state index in [1.54, 1.807) is 18.3 Å². The number of anilines is 2. The van der Waals surface area contributed by atoms with E-state index in [-0.39, 0.29) is 12.0 Å². The second-order valence-electron chi connectivity index (χ2n) is 4.77. The molecule has 0 saturated carbocycles. The first-order valence-corrected chi connectivity index (χ1v) is 8.29. The minimum absolute atomic E-state index is 0.226. The van der Waals surface area contributed by atoms with Gasteiger partial charge < -0.3 is 5.32 Å². The summed E-state index contributed by atoms with van der Waals surface area (Å²) in [4.78, 5) is 24.2. The van der Waals surface area contributed by atoms with Gasteiger partial charge in [0.25, 0.3) is 0 Å². The van der Waals surface area contributed by atoms with Crippen molar-refractivity contribution in [3.05, 3.63) is 27.2 Å². The van der Waals surface area contributed by atoms with E-state index >= 15 is 0 Å². The molecule has 1 amide bonds. The highest BCUT2D eigenvalue weighted by Gasteiger charge is 2.12. The number of amides is 1. The van der Waals surface area contributed by atoms with Crippen LogP contribution in [0.25, 0.3) is 0 Å². The summed E-state index contributed by atoms with van der Waals surface area (Å²) >= 11 is 7.79. The molecule has 0 aromatic carbocycles. The maximum absolute atomic E-state index is 10.5. The molecule has 6 nitrogen and oxygen atoms in total. The van der Waals surface area contributed by atoms with Crippen molar-refractivity contribution in [2.24, 2.45) is 0 Å². The molecule has 118 valence electrons. The number of thiophene rings is 1. The summed E-state index contributed by atoms with van der Waals surface area (Å²) in [5.74, 6) is 1.28. The van der Waals surface area contributed by atoms with Gasteiger partial charge in [-0.05, 0) is 37.6 Å². The number of halogens is 1. The summed E-state index contributed by atoms with van der Waals surface area (Å²) in [6.45, 7) is 3.86. The molecule has 0 radical (unpaired) electrons. The normalized spacial score (nSPS) is 12.0. The summed E-state index contributed by atoms with van der Waals surface area (Å²) in [5.41, 5.74) is 0. The van der Waals surface area contributed by atoms with E-state index in [1.165, 1.54) is 4.88 Å². The third kappa shape index (κ3) is 4.64. The van der Waals surface area contributed by atoms with Crippen LogP contribution in [0.4, 0.5) is 11.9 Å². The molecule has 0 aliphatic carbocycles. The topological polar surface area (TPSA) is 79.8 Å². The standard InChI is InChI=1S/C14H18ClN5OS/c1-3-10(4-5-12-11(15)6-7-22-12)19-14-18-9(2)17-13(20-14)16-8-21/h6-8,10H,3-5H2,1-2H3,(H2,16,17,18,19,20,21). The van der Waals surface area contributed by atoms with Gasteiger partial charge in [0.05, 0.1) is 5.02 Å². The van der Waals surface area contributed by atoms with Crippen molar-refractivity contribution in [3.63, 3.8) is 0 Å². The van der Waals surface area contributed by atoms with Crippen LogP contribution in [-0.4, -0.2) is 27.4 Å². The zero-order chi connectivity index (χ0) is 15.9. The number of aromatic nitrogens is 3. The van der Waals surface area contributed by atoms with Gasteiger partial charge in [0.15, 0.2) is 0 Å². The van der Waals surface area contributed by atoms with E-state index in [0.717, 1.165) is 24.3 Å². The Hall–Kier alpha value is -1.73. The van der Waals surface area contributed by atoms with Crippen LogP contribution in [0.1, 0.15) is 30.5 Å². The van der Waals surface area contributed by atoms with Crippen molar-refractivity contribution in [1.82, 2.24) is 15.0 Å². The molecule has 2 aromatic rings. The first-order valence-electron chi connectivity index (χ1n) is 7.03. The highest BCUT2D eigenvalue weighted by Crippen LogP contribution is 2.24. The highest BCUT2D eigenvalue weighted by molar-refractivity contribution is 7.10. The number of hydrogen-bond donors (Lipinski definition) is 2. The minimum Gasteiger partial charge on any atom is -0.351 e. The van der Waals surface area contributed by atoms with E-state index in [2.05, 4.69) is 32.5 Å². The van der Waals surface area contributed by atoms with Crippen molar-refractivity contribution in [2.75, 3.05) is 10.6 Å². The summed E-state index contributed by atoms with van der Waals surface area (Å²) in [5, 5.41) is 8.56. The van der Waals surface area contributed by atoms with Crippen LogP contribution in [-0.2, 0) is 11.2 Å². The van der Waals surface area contributed by atoms with Crippen molar-refractivity contribution >= 4 is 41.2 Å². The van der Waals surface area contributed by atoms with Gasteiger partial charge in [-0.1, -0.05) is 18.5 Å². The van der Waals surface area contributed by atoms with Crippen molar-refractivity contribution in [1.29, 1.82) is 0 Å². The van der Waals surface area contributed by atoms with E-state index in [9.17, 15) is 4.79 Å². The fraction of sp³-hybridized carbons (Fsp3) is 0.429. The molecular weight excluding hydrogens is 322 g/mol. The maximum atomic E-state index is 10.5. The number of nitrogens with zero attached hydrogens (tertiary/aromatic N) is 3. The van der Waals surface area contributed by atoms with E-state index in [1.807, 2.05) is 11.4 Å². The van der Waals surface area contributed by atoms with Gasteiger partial charge >= 0.3 is 0 Å². The second kappa shape index (κ2) is 8.05. The minimum atomic E-state index is 0.226. The van der Waals surface area contributed by atoms with Crippen LogP contribution in [0.3, 0.4) is 0 Å². The molecule has 0 spiro atoms. The Morgan fingerprint density at radius 3 is 2.77 bits per heavy atom. The lowest BCUT2D eigenvalue weighted by molar-refractivity contribution is -0.105. The molecule has 2 aromatic heterocycles. The van der Waals surface area contributed by atoms with Gasteiger partial charge in [-0.2, -0.15) is 15.0 Å². The maximum Gasteiger partial charge on any atom is 0.234 e. The monoisotopic (exact) mass is 339 g/mol. The zero-order valence-corrected chi connectivity index (χ0v) is 14.0. The highest BCUT2D eigenvalue weighted by atomic mass is 35.5. The number of nitrogens with one attached hydrogen (secondary N) is 2. The third-order valence-electron chi connectivity index (χ3n) is 3.17. The molecule has 0 aliphatic rings. The molecular formula is C14H18ClN5OS. The van der Waals surface area contributed by atoms with E-state index in [0.29, 0.717) is 18.2 Å². The largest absolute Gasteiger partial charge is 0.351 e. The Balaban J connectivity index is 2.00. The molecule has 2 heterocycles. The first kappa shape index (κ1) is 16.6. The van der Waals surface area contributed by atoms with Crippen molar-refractivity contribution < 1.29 is 4.79 Å². The van der Waals surface area contributed by atoms with Gasteiger partial charge in [0.2, 0.25) is 18.3 Å². The van der Waals surface area contributed by atoms with Crippen LogP contribution >= 0.6 is 22.9 Å². The quantitative estimate of drug-likeness (QED) is 0.721. The van der Waals surface area contributed by atoms with E-state index in [4.69, 9.17) is 11.6 Å². The fourth-order valence-electron chi connectivity index (χ4n) is 2.03. The Morgan fingerprint density at radius 1 is 1.36 bits per heavy atom. The molecule has 0 aliphatic heterocycles. The first-order chi connectivity index (χ1) is 10.6. The second-order valence-corrected chi connectivity index (χ2v) is 6.18. The molecule has 2 rings (SSSR count). The van der Waals surface area contributed by atoms with Crippen molar-refractivity contribution in [3.8, 4) is 0 Å². The average Bonchev–Trinajstić information content (AvgIpc) is 2.88. The number of aryl methyl sites for hydroxylation is 2. The molecule has 22 heavy (non-hydrogen) atoms. The smallest absolute Gasteiger partial charge is 0.234 e. The SMILES string of the molecule is CCC(CCc1sccc1Cl)Nc1nc(C)nc(NC=O)n1. The Bertz CT molecular complexity index is 633. The van der Waals surface area contributed by atoms with Crippen LogP contribution in [0, 0.1) is 6.92 Å². The van der Waals surface area contributed by atoms with Crippen LogP contribution in [0.15, 0.2) is 11.4 Å². The van der Waals surface area contributed by atoms with Crippen LogP contribution in [0.5, 0.6) is 0 Å². The molecule has 1 unspecified atom stereocenters. The molecule has 0 saturated heterocycles. The number of carbonyl (C=O) groups excluding carboxylic acids is 1. The zero-order valence-electron chi connectivity index (χ0n) is 12.5. The fourth-order valence-corrected chi connectivity index (χ4v) is 3.18. The predicted molar refractivity (Wildman–Crippen MR) is 89.6 cm³/mol. The van der Waals surface area contributed by atoms with Gasteiger partial charge in [0, 0.05) is 10.9 Å². The van der Waals surface area contributed by atoms with Gasteiger partial charge in [0.1, 0.15) is 5.82 Å². The van der Waals surface area contributed by atoms with Crippen LogP contribution in [0.2, 0.25) is 5.02 Å². The summed E-state index contributed by atoms with van der Waals surface area (Å²) < 4.78 is 0. The average molecular weight is 340 g/mol. The lowest BCUT2D eigenvalue weighted by atomic mass is 10.1. The number of hydrogen-bond acceptors (Lipinski definition) is 6. The summed E-state index contributed by atoms with van der Waals surface area (Å²) in [6.07, 6.45) is 3.32. The Morgan fingerprint density at radius 2 is 2.14 bits per heavy atom. The molecule has 1 atom stereocenters. The Labute approximate surface area is 138 Å². The molecule has 8 heteroatoms. The van der Waals surface area contributed by atoms with Gasteiger partial charge in [-0.3, -0.25) is 10.1 Å². The number of carbonyl (C=O) groups is 1. The van der Waals surface area contributed by atoms with Crippen molar-refractivity contribution in [2.45, 2.75) is 39.2 Å². The van der Waals surface area contributed by atoms with Gasteiger partial charge in [-0.15, -0.1) is 11.3 Å². The van der Waals surface area contributed by atoms with Gasteiger partial charge in [-0.25, -0.2) is 0 Å². The molecule has 0 fully saturated rings. The lowest BCUT2D eigenvalue weighted by Gasteiger charge is -2.17. The molecule has 0 bridgehead atoms. The van der Waals surface area contributed by atoms with E-state index < -0.39 is 0 Å². The third-order valence-corrected chi connectivity index (χ3v) is 4.62. The number of rotatable bonds is 8. The lowest BCUT2D eigenvalue weighted by Crippen LogP contribution is -2.21.